The van der Waals surface area contributed by atoms with Gasteiger partial charge in [0.15, 0.2) is 16.6 Å². The zero-order valence-electron chi connectivity index (χ0n) is 14.8. The van der Waals surface area contributed by atoms with Crippen LogP contribution in [-0.2, 0) is 13.0 Å². The number of fused-ring (bicyclic) bond motifs is 2. The van der Waals surface area contributed by atoms with Crippen molar-refractivity contribution >= 4 is 38.3 Å². The third-order valence-electron chi connectivity index (χ3n) is 4.66. The number of halogens is 1. The highest BCUT2D eigenvalue weighted by atomic mass is 35.5. The molecule has 0 amide bonds. The van der Waals surface area contributed by atoms with Gasteiger partial charge >= 0.3 is 0 Å². The summed E-state index contributed by atoms with van der Waals surface area (Å²) in [6.45, 7) is 1.66. The van der Waals surface area contributed by atoms with E-state index in [0.717, 1.165) is 52.1 Å². The molecule has 5 nitrogen and oxygen atoms in total. The minimum absolute atomic E-state index is 0.702. The van der Waals surface area contributed by atoms with Crippen LogP contribution >= 0.6 is 22.9 Å². The SMILES string of the molecule is COc1cc2c(cc1OC)CN(c1nc3c(OC)ccc(Cl)c3s1)CC2. The van der Waals surface area contributed by atoms with Crippen molar-refractivity contribution in [2.24, 2.45) is 0 Å². The number of rotatable bonds is 4. The first-order valence-electron chi connectivity index (χ1n) is 8.26. The van der Waals surface area contributed by atoms with Crippen LogP contribution < -0.4 is 19.1 Å². The maximum atomic E-state index is 6.36. The summed E-state index contributed by atoms with van der Waals surface area (Å²) in [6, 6.07) is 7.84. The second kappa shape index (κ2) is 6.85. The normalized spacial score (nSPS) is 13.6. The molecule has 7 heteroatoms. The number of anilines is 1. The quantitative estimate of drug-likeness (QED) is 0.654. The molecule has 0 spiro atoms. The average Bonchev–Trinajstić information content (AvgIpc) is 3.13. The second-order valence-electron chi connectivity index (χ2n) is 6.07. The van der Waals surface area contributed by atoms with Crippen LogP contribution in [0.5, 0.6) is 17.2 Å². The third-order valence-corrected chi connectivity index (χ3v) is 6.23. The molecular formula is C19H19ClN2O3S. The molecule has 0 fully saturated rings. The van der Waals surface area contributed by atoms with Gasteiger partial charge in [-0.1, -0.05) is 22.9 Å². The lowest BCUT2D eigenvalue weighted by atomic mass is 9.99. The van der Waals surface area contributed by atoms with Gasteiger partial charge in [0.2, 0.25) is 0 Å². The first-order chi connectivity index (χ1) is 12.6. The van der Waals surface area contributed by atoms with E-state index < -0.39 is 0 Å². The van der Waals surface area contributed by atoms with Crippen molar-refractivity contribution in [2.75, 3.05) is 32.8 Å². The molecule has 1 aromatic heterocycles. The second-order valence-corrected chi connectivity index (χ2v) is 7.46. The van der Waals surface area contributed by atoms with Crippen LogP contribution in [0.3, 0.4) is 0 Å². The summed E-state index contributed by atoms with van der Waals surface area (Å²) in [6.07, 6.45) is 0.927. The predicted octanol–water partition coefficient (Wildman–Crippen LogP) is 4.54. The standard InChI is InChI=1S/C19H19ClN2O3S/c1-23-14-5-4-13(20)18-17(14)21-19(26-18)22-7-6-11-8-15(24-2)16(25-3)9-12(11)10-22/h4-5,8-9H,6-7,10H2,1-3H3. The van der Waals surface area contributed by atoms with E-state index in [9.17, 15) is 0 Å². The Labute approximate surface area is 161 Å². The Morgan fingerprint density at radius 2 is 1.69 bits per heavy atom. The van der Waals surface area contributed by atoms with Crippen molar-refractivity contribution in [3.8, 4) is 17.2 Å². The van der Waals surface area contributed by atoms with Crippen molar-refractivity contribution in [3.05, 3.63) is 40.4 Å². The van der Waals surface area contributed by atoms with Gasteiger partial charge in [0.25, 0.3) is 0 Å². The van der Waals surface area contributed by atoms with Gasteiger partial charge in [-0.15, -0.1) is 0 Å². The topological polar surface area (TPSA) is 43.8 Å². The summed E-state index contributed by atoms with van der Waals surface area (Å²) < 4.78 is 17.3. The molecular weight excluding hydrogens is 372 g/mol. The molecule has 0 aliphatic carbocycles. The predicted molar refractivity (Wildman–Crippen MR) is 105 cm³/mol. The van der Waals surface area contributed by atoms with Crippen LogP contribution in [0.2, 0.25) is 5.02 Å². The molecule has 2 aromatic carbocycles. The molecule has 0 N–H and O–H groups in total. The molecule has 0 bridgehead atoms. The van der Waals surface area contributed by atoms with Crippen LogP contribution in [0.15, 0.2) is 24.3 Å². The van der Waals surface area contributed by atoms with E-state index in [-0.39, 0.29) is 0 Å². The van der Waals surface area contributed by atoms with Crippen LogP contribution in [-0.4, -0.2) is 32.9 Å². The summed E-state index contributed by atoms with van der Waals surface area (Å²) in [4.78, 5) is 7.07. The lowest BCUT2D eigenvalue weighted by Crippen LogP contribution is -2.30. The maximum absolute atomic E-state index is 6.36. The van der Waals surface area contributed by atoms with Crippen LogP contribution in [0, 0.1) is 0 Å². The molecule has 3 aromatic rings. The van der Waals surface area contributed by atoms with Gasteiger partial charge in [-0.3, -0.25) is 0 Å². The minimum Gasteiger partial charge on any atom is -0.494 e. The van der Waals surface area contributed by atoms with Crippen molar-refractivity contribution in [1.29, 1.82) is 0 Å². The smallest absolute Gasteiger partial charge is 0.186 e. The number of hydrogen-bond acceptors (Lipinski definition) is 6. The molecule has 0 unspecified atom stereocenters. The molecule has 4 rings (SSSR count). The number of hydrogen-bond donors (Lipinski definition) is 0. The molecule has 2 heterocycles. The van der Waals surface area contributed by atoms with E-state index in [2.05, 4.69) is 17.0 Å². The molecule has 0 radical (unpaired) electrons. The number of aromatic nitrogens is 1. The van der Waals surface area contributed by atoms with Crippen molar-refractivity contribution < 1.29 is 14.2 Å². The fourth-order valence-electron chi connectivity index (χ4n) is 3.29. The molecule has 1 aliphatic heterocycles. The van der Waals surface area contributed by atoms with E-state index in [0.29, 0.717) is 5.02 Å². The van der Waals surface area contributed by atoms with Crippen LogP contribution in [0.4, 0.5) is 5.13 Å². The highest BCUT2D eigenvalue weighted by Crippen LogP contribution is 2.40. The van der Waals surface area contributed by atoms with Gasteiger partial charge in [-0.25, -0.2) is 4.98 Å². The van der Waals surface area contributed by atoms with Crippen LogP contribution in [0.25, 0.3) is 10.2 Å². The van der Waals surface area contributed by atoms with Gasteiger partial charge in [0.05, 0.1) is 31.1 Å². The largest absolute Gasteiger partial charge is 0.494 e. The number of nitrogens with zero attached hydrogens (tertiary/aromatic N) is 2. The monoisotopic (exact) mass is 390 g/mol. The van der Waals surface area contributed by atoms with E-state index in [4.69, 9.17) is 30.8 Å². The summed E-state index contributed by atoms with van der Waals surface area (Å²) in [5.41, 5.74) is 3.33. The van der Waals surface area contributed by atoms with Gasteiger partial charge < -0.3 is 19.1 Å². The van der Waals surface area contributed by atoms with Crippen LogP contribution in [0.1, 0.15) is 11.1 Å². The minimum atomic E-state index is 0.702. The van der Waals surface area contributed by atoms with Crippen molar-refractivity contribution in [2.45, 2.75) is 13.0 Å². The first-order valence-corrected chi connectivity index (χ1v) is 9.45. The number of ether oxygens (including phenoxy) is 3. The van der Waals surface area contributed by atoms with Crippen molar-refractivity contribution in [1.82, 2.24) is 4.98 Å². The van der Waals surface area contributed by atoms with Gasteiger partial charge in [-0.05, 0) is 41.8 Å². The zero-order chi connectivity index (χ0) is 18.3. The lowest BCUT2D eigenvalue weighted by Gasteiger charge is -2.29. The number of thiazole rings is 1. The molecule has 26 heavy (non-hydrogen) atoms. The van der Waals surface area contributed by atoms with Gasteiger partial charge in [0, 0.05) is 13.1 Å². The summed E-state index contributed by atoms with van der Waals surface area (Å²) >= 11 is 7.96. The Kier molecular flexibility index (Phi) is 4.54. The zero-order valence-corrected chi connectivity index (χ0v) is 16.4. The Bertz CT molecular complexity index is 973. The summed E-state index contributed by atoms with van der Waals surface area (Å²) in [7, 11) is 4.97. The van der Waals surface area contributed by atoms with Gasteiger partial charge in [-0.2, -0.15) is 0 Å². The van der Waals surface area contributed by atoms with Gasteiger partial charge in [0.1, 0.15) is 11.3 Å². The summed E-state index contributed by atoms with van der Waals surface area (Å²) in [5, 5.41) is 1.65. The molecule has 136 valence electrons. The number of benzene rings is 2. The summed E-state index contributed by atoms with van der Waals surface area (Å²) in [5.74, 6) is 2.27. The van der Waals surface area contributed by atoms with E-state index in [1.807, 2.05) is 12.1 Å². The highest BCUT2D eigenvalue weighted by Gasteiger charge is 2.23. The maximum Gasteiger partial charge on any atom is 0.186 e. The van der Waals surface area contributed by atoms with E-state index in [1.54, 1.807) is 32.7 Å². The number of methoxy groups -OCH3 is 3. The van der Waals surface area contributed by atoms with E-state index in [1.165, 1.54) is 11.1 Å². The lowest BCUT2D eigenvalue weighted by molar-refractivity contribution is 0.353. The average molecular weight is 391 g/mol. The Hall–Kier alpha value is -2.18. The molecule has 1 aliphatic rings. The first kappa shape index (κ1) is 17.2. The third kappa shape index (κ3) is 2.83. The highest BCUT2D eigenvalue weighted by molar-refractivity contribution is 7.22. The molecule has 0 atom stereocenters. The Balaban J connectivity index is 1.71. The van der Waals surface area contributed by atoms with E-state index >= 15 is 0 Å². The van der Waals surface area contributed by atoms with Crippen molar-refractivity contribution in [3.63, 3.8) is 0 Å². The molecule has 0 saturated heterocycles. The Morgan fingerprint density at radius 3 is 2.38 bits per heavy atom. The fraction of sp³-hybridized carbons (Fsp3) is 0.316. The molecule has 0 saturated carbocycles. The fourth-order valence-corrected chi connectivity index (χ4v) is 4.57. The Morgan fingerprint density at radius 1 is 1.00 bits per heavy atom.